The summed E-state index contributed by atoms with van der Waals surface area (Å²) in [6.07, 6.45) is 3.18. The van der Waals surface area contributed by atoms with E-state index in [2.05, 4.69) is 41.6 Å². The third kappa shape index (κ3) is 4.27. The van der Waals surface area contributed by atoms with E-state index in [-0.39, 0.29) is 0 Å². The topological polar surface area (TPSA) is 76.2 Å². The molecule has 2 aromatic heterocycles. The van der Waals surface area contributed by atoms with Crippen LogP contribution in [-0.2, 0) is 0 Å². The molecule has 1 N–H and O–H groups in total. The van der Waals surface area contributed by atoms with Gasteiger partial charge in [-0.3, -0.25) is 0 Å². The van der Waals surface area contributed by atoms with Crippen LogP contribution in [0, 0.1) is 0 Å². The maximum atomic E-state index is 5.78. The summed E-state index contributed by atoms with van der Waals surface area (Å²) in [5.41, 5.74) is 5.46. The lowest BCUT2D eigenvalue weighted by Gasteiger charge is -2.01. The summed E-state index contributed by atoms with van der Waals surface area (Å²) in [5, 5.41) is 12.0. The number of anilines is 1. The molecular formula is C20H14BrN5O. The van der Waals surface area contributed by atoms with E-state index in [1.54, 1.807) is 12.4 Å². The average Bonchev–Trinajstić information content (AvgIpc) is 3.18. The minimum Gasteiger partial charge on any atom is -0.455 e. The van der Waals surface area contributed by atoms with Gasteiger partial charge >= 0.3 is 0 Å². The van der Waals surface area contributed by atoms with Crippen molar-refractivity contribution in [1.29, 1.82) is 0 Å². The zero-order chi connectivity index (χ0) is 18.5. The lowest BCUT2D eigenvalue weighted by molar-refractivity contribution is 0.575. The van der Waals surface area contributed by atoms with Crippen molar-refractivity contribution in [2.45, 2.75) is 0 Å². The van der Waals surface area contributed by atoms with Gasteiger partial charge < -0.3 is 4.42 Å². The average molecular weight is 420 g/mol. The second-order valence-corrected chi connectivity index (χ2v) is 6.53. The number of hydrazone groups is 1. The first kappa shape index (κ1) is 17.1. The Morgan fingerprint density at radius 2 is 1.74 bits per heavy atom. The van der Waals surface area contributed by atoms with Crippen molar-refractivity contribution in [2.75, 3.05) is 5.43 Å². The predicted molar refractivity (Wildman–Crippen MR) is 108 cm³/mol. The molecule has 6 nitrogen and oxygen atoms in total. The van der Waals surface area contributed by atoms with Crippen LogP contribution in [0.3, 0.4) is 0 Å². The van der Waals surface area contributed by atoms with Crippen molar-refractivity contribution in [2.24, 2.45) is 5.10 Å². The van der Waals surface area contributed by atoms with E-state index in [0.29, 0.717) is 11.7 Å². The minimum atomic E-state index is 0.312. The number of nitrogens with zero attached hydrogens (tertiary/aromatic N) is 4. The first-order valence-corrected chi connectivity index (χ1v) is 8.97. The van der Waals surface area contributed by atoms with E-state index in [4.69, 9.17) is 4.42 Å². The fraction of sp³-hybridized carbons (Fsp3) is 0. The maximum absolute atomic E-state index is 5.78. The van der Waals surface area contributed by atoms with Crippen molar-refractivity contribution >= 4 is 28.1 Å². The Labute approximate surface area is 164 Å². The van der Waals surface area contributed by atoms with Crippen molar-refractivity contribution < 1.29 is 4.42 Å². The molecule has 0 saturated heterocycles. The Kier molecular flexibility index (Phi) is 5.02. The Morgan fingerprint density at radius 3 is 2.56 bits per heavy atom. The molecule has 0 unspecified atom stereocenters. The van der Waals surface area contributed by atoms with Gasteiger partial charge in [-0.05, 0) is 24.3 Å². The second kappa shape index (κ2) is 7.92. The van der Waals surface area contributed by atoms with Gasteiger partial charge in [-0.1, -0.05) is 58.4 Å². The molecule has 27 heavy (non-hydrogen) atoms. The number of furan rings is 1. The molecule has 0 aliphatic rings. The van der Waals surface area contributed by atoms with Crippen LogP contribution in [0.2, 0.25) is 0 Å². The summed E-state index contributed by atoms with van der Waals surface area (Å²) in [7, 11) is 0. The SMILES string of the molecule is Brc1ccc(-c2ccc(/C=N/Nc3nncc(-c4ccccc4)n3)o2)cc1. The monoisotopic (exact) mass is 419 g/mol. The van der Waals surface area contributed by atoms with Crippen LogP contribution in [0.5, 0.6) is 0 Å². The fourth-order valence-corrected chi connectivity index (χ4v) is 2.71. The van der Waals surface area contributed by atoms with Crippen LogP contribution in [0.15, 0.2) is 86.9 Å². The van der Waals surface area contributed by atoms with E-state index in [1.165, 1.54) is 0 Å². The quantitative estimate of drug-likeness (QED) is 0.363. The van der Waals surface area contributed by atoms with E-state index < -0.39 is 0 Å². The molecule has 4 rings (SSSR count). The van der Waals surface area contributed by atoms with Gasteiger partial charge in [0, 0.05) is 15.6 Å². The van der Waals surface area contributed by atoms with E-state index >= 15 is 0 Å². The third-order valence-corrected chi connectivity index (χ3v) is 4.27. The standard InChI is InChI=1S/C20H14BrN5O/c21-16-8-6-15(7-9-16)19-11-10-17(27-19)12-22-25-20-24-18(13-23-26-20)14-4-2-1-3-5-14/h1-13H,(H,24,25,26)/b22-12+. The molecule has 0 bridgehead atoms. The Morgan fingerprint density at radius 1 is 0.926 bits per heavy atom. The van der Waals surface area contributed by atoms with Gasteiger partial charge in [-0.15, -0.1) is 5.10 Å². The van der Waals surface area contributed by atoms with Gasteiger partial charge in [0.05, 0.1) is 18.1 Å². The molecular weight excluding hydrogens is 406 g/mol. The molecule has 2 aromatic carbocycles. The van der Waals surface area contributed by atoms with E-state index in [9.17, 15) is 0 Å². The normalized spacial score (nSPS) is 11.0. The van der Waals surface area contributed by atoms with Gasteiger partial charge in [0.15, 0.2) is 0 Å². The van der Waals surface area contributed by atoms with Crippen LogP contribution >= 0.6 is 15.9 Å². The zero-order valence-electron chi connectivity index (χ0n) is 14.1. The van der Waals surface area contributed by atoms with Gasteiger partial charge in [0.25, 0.3) is 5.95 Å². The van der Waals surface area contributed by atoms with Crippen LogP contribution in [0.25, 0.3) is 22.6 Å². The Bertz CT molecular complexity index is 1060. The molecule has 4 aromatic rings. The molecule has 2 heterocycles. The van der Waals surface area contributed by atoms with Gasteiger partial charge in [0.2, 0.25) is 0 Å². The molecule has 0 fully saturated rings. The van der Waals surface area contributed by atoms with E-state index in [1.807, 2.05) is 66.7 Å². The maximum Gasteiger partial charge on any atom is 0.263 e. The number of aromatic nitrogens is 3. The van der Waals surface area contributed by atoms with Crippen LogP contribution in [0.4, 0.5) is 5.95 Å². The number of hydrogen-bond acceptors (Lipinski definition) is 6. The van der Waals surface area contributed by atoms with Crippen molar-refractivity contribution in [1.82, 2.24) is 15.2 Å². The largest absolute Gasteiger partial charge is 0.455 e. The highest BCUT2D eigenvalue weighted by molar-refractivity contribution is 9.10. The molecule has 0 amide bonds. The van der Waals surface area contributed by atoms with Crippen LogP contribution in [-0.4, -0.2) is 21.4 Å². The zero-order valence-corrected chi connectivity index (χ0v) is 15.7. The highest BCUT2D eigenvalue weighted by Gasteiger charge is 2.04. The molecule has 0 saturated carbocycles. The molecule has 0 aliphatic heterocycles. The Balaban J connectivity index is 1.45. The van der Waals surface area contributed by atoms with E-state index in [0.717, 1.165) is 27.1 Å². The molecule has 7 heteroatoms. The van der Waals surface area contributed by atoms with Gasteiger partial charge in [-0.25, -0.2) is 10.4 Å². The lowest BCUT2D eigenvalue weighted by Crippen LogP contribution is -1.99. The number of hydrogen-bond donors (Lipinski definition) is 1. The molecule has 0 spiro atoms. The van der Waals surface area contributed by atoms with Crippen LogP contribution < -0.4 is 5.43 Å². The number of halogens is 1. The minimum absolute atomic E-state index is 0.312. The lowest BCUT2D eigenvalue weighted by atomic mass is 10.2. The summed E-state index contributed by atoms with van der Waals surface area (Å²) >= 11 is 3.42. The van der Waals surface area contributed by atoms with Crippen molar-refractivity contribution in [3.63, 3.8) is 0 Å². The first-order chi connectivity index (χ1) is 13.3. The predicted octanol–water partition coefficient (Wildman–Crippen LogP) is 5.01. The highest BCUT2D eigenvalue weighted by atomic mass is 79.9. The summed E-state index contributed by atoms with van der Waals surface area (Å²) in [4.78, 5) is 4.40. The van der Waals surface area contributed by atoms with Gasteiger partial charge in [0.1, 0.15) is 11.5 Å². The number of benzene rings is 2. The highest BCUT2D eigenvalue weighted by Crippen LogP contribution is 2.23. The second-order valence-electron chi connectivity index (χ2n) is 5.61. The summed E-state index contributed by atoms with van der Waals surface area (Å²) < 4.78 is 6.80. The first-order valence-electron chi connectivity index (χ1n) is 8.18. The molecule has 132 valence electrons. The van der Waals surface area contributed by atoms with Gasteiger partial charge in [-0.2, -0.15) is 10.2 Å². The summed E-state index contributed by atoms with van der Waals surface area (Å²) in [5.74, 6) is 1.70. The fourth-order valence-electron chi connectivity index (χ4n) is 2.44. The molecule has 0 aliphatic carbocycles. The van der Waals surface area contributed by atoms with Crippen molar-refractivity contribution in [3.05, 3.63) is 83.2 Å². The molecule has 0 atom stereocenters. The number of rotatable bonds is 5. The summed E-state index contributed by atoms with van der Waals surface area (Å²) in [6, 6.07) is 21.4. The third-order valence-electron chi connectivity index (χ3n) is 3.74. The summed E-state index contributed by atoms with van der Waals surface area (Å²) in [6.45, 7) is 0. The smallest absolute Gasteiger partial charge is 0.263 e. The molecule has 0 radical (unpaired) electrons. The Hall–Kier alpha value is -3.32. The van der Waals surface area contributed by atoms with Crippen molar-refractivity contribution in [3.8, 4) is 22.6 Å². The van der Waals surface area contributed by atoms with Crippen LogP contribution in [0.1, 0.15) is 5.76 Å². The number of nitrogens with one attached hydrogen (secondary N) is 1.